The summed E-state index contributed by atoms with van der Waals surface area (Å²) in [5.41, 5.74) is -1.66. The highest BCUT2D eigenvalue weighted by Crippen LogP contribution is 2.31. The normalized spacial score (nSPS) is 12.8. The summed E-state index contributed by atoms with van der Waals surface area (Å²) < 4.78 is 38.4. The molecule has 1 amide bonds. The number of benzene rings is 1. The number of carbonyl (C=O) groups is 2. The van der Waals surface area contributed by atoms with Crippen molar-refractivity contribution < 1.29 is 27.9 Å². The van der Waals surface area contributed by atoms with Crippen LogP contribution in [0.3, 0.4) is 0 Å². The lowest BCUT2D eigenvalue weighted by atomic mass is 10.0. The van der Waals surface area contributed by atoms with Crippen molar-refractivity contribution in [2.75, 3.05) is 0 Å². The van der Waals surface area contributed by atoms with Crippen molar-refractivity contribution in [2.45, 2.75) is 38.4 Å². The molecule has 116 valence electrons. The standard InChI is InChI=1S/C14H16F3NO3/c1-2-3-8-11(13(20)21)18-12(19)9-6-4-5-7-10(9)14(15,16)17/h4-7,11H,2-3,8H2,1H3,(H,18,19)(H,20,21)/t11-/m1/s1. The van der Waals surface area contributed by atoms with Crippen molar-refractivity contribution in [2.24, 2.45) is 0 Å². The van der Waals surface area contributed by atoms with Crippen LogP contribution in [0.1, 0.15) is 42.1 Å². The van der Waals surface area contributed by atoms with Crippen LogP contribution in [0.4, 0.5) is 13.2 Å². The number of carboxylic acid groups (broad SMARTS) is 1. The fourth-order valence-corrected chi connectivity index (χ4v) is 1.83. The molecule has 0 saturated heterocycles. The van der Waals surface area contributed by atoms with Gasteiger partial charge in [0.05, 0.1) is 11.1 Å². The van der Waals surface area contributed by atoms with Crippen molar-refractivity contribution in [1.82, 2.24) is 5.32 Å². The molecule has 0 aliphatic rings. The van der Waals surface area contributed by atoms with E-state index >= 15 is 0 Å². The number of hydrogen-bond donors (Lipinski definition) is 2. The molecular formula is C14H16F3NO3. The number of unbranched alkanes of at least 4 members (excludes halogenated alkanes) is 1. The van der Waals surface area contributed by atoms with Gasteiger partial charge in [-0.2, -0.15) is 13.2 Å². The van der Waals surface area contributed by atoms with E-state index in [-0.39, 0.29) is 6.42 Å². The van der Waals surface area contributed by atoms with Gasteiger partial charge in [-0.15, -0.1) is 0 Å². The second-order valence-corrected chi connectivity index (χ2v) is 4.55. The number of carboxylic acids is 1. The van der Waals surface area contributed by atoms with Gasteiger partial charge in [0.2, 0.25) is 0 Å². The average Bonchev–Trinajstić information content (AvgIpc) is 2.42. The summed E-state index contributed by atoms with van der Waals surface area (Å²) in [5.74, 6) is -2.30. The van der Waals surface area contributed by atoms with E-state index < -0.39 is 35.2 Å². The number of carbonyl (C=O) groups excluding carboxylic acids is 1. The highest BCUT2D eigenvalue weighted by molar-refractivity contribution is 5.98. The van der Waals surface area contributed by atoms with Crippen molar-refractivity contribution in [3.8, 4) is 0 Å². The predicted molar refractivity (Wildman–Crippen MR) is 69.9 cm³/mol. The van der Waals surface area contributed by atoms with E-state index in [1.54, 1.807) is 0 Å². The number of halogens is 3. The zero-order chi connectivity index (χ0) is 16.0. The van der Waals surface area contributed by atoms with E-state index in [0.29, 0.717) is 6.42 Å². The Morgan fingerprint density at radius 1 is 1.29 bits per heavy atom. The van der Waals surface area contributed by atoms with E-state index in [4.69, 9.17) is 5.11 Å². The van der Waals surface area contributed by atoms with Gasteiger partial charge in [-0.1, -0.05) is 31.9 Å². The summed E-state index contributed by atoms with van der Waals surface area (Å²) in [4.78, 5) is 22.9. The number of aliphatic carboxylic acids is 1. The molecule has 1 atom stereocenters. The zero-order valence-electron chi connectivity index (χ0n) is 11.4. The summed E-state index contributed by atoms with van der Waals surface area (Å²) in [6, 6.07) is 3.09. The molecule has 2 N–H and O–H groups in total. The van der Waals surface area contributed by atoms with Crippen molar-refractivity contribution >= 4 is 11.9 Å². The maximum Gasteiger partial charge on any atom is 0.417 e. The van der Waals surface area contributed by atoms with Crippen molar-refractivity contribution in [3.63, 3.8) is 0 Å². The smallest absolute Gasteiger partial charge is 0.417 e. The fourth-order valence-electron chi connectivity index (χ4n) is 1.83. The van der Waals surface area contributed by atoms with Gasteiger partial charge in [0, 0.05) is 0 Å². The molecule has 1 aromatic carbocycles. The molecule has 0 heterocycles. The van der Waals surface area contributed by atoms with Crippen LogP contribution in [0.15, 0.2) is 24.3 Å². The fraction of sp³-hybridized carbons (Fsp3) is 0.429. The van der Waals surface area contributed by atoms with Gasteiger partial charge in [-0.3, -0.25) is 4.79 Å². The van der Waals surface area contributed by atoms with Crippen molar-refractivity contribution in [1.29, 1.82) is 0 Å². The predicted octanol–water partition coefficient (Wildman–Crippen LogP) is 3.08. The highest BCUT2D eigenvalue weighted by Gasteiger charge is 2.35. The maximum atomic E-state index is 12.8. The molecule has 4 nitrogen and oxygen atoms in total. The van der Waals surface area contributed by atoms with Crippen LogP contribution in [-0.2, 0) is 11.0 Å². The first-order valence-corrected chi connectivity index (χ1v) is 6.47. The van der Waals surface area contributed by atoms with Crippen LogP contribution in [0, 0.1) is 0 Å². The van der Waals surface area contributed by atoms with Gasteiger partial charge in [0.15, 0.2) is 0 Å². The van der Waals surface area contributed by atoms with E-state index in [1.165, 1.54) is 12.1 Å². The second kappa shape index (κ2) is 7.10. The summed E-state index contributed by atoms with van der Waals surface area (Å²) in [7, 11) is 0. The number of alkyl halides is 3. The molecule has 0 aliphatic carbocycles. The van der Waals surface area contributed by atoms with Gasteiger partial charge in [0.1, 0.15) is 6.04 Å². The third kappa shape index (κ3) is 4.77. The molecule has 0 bridgehead atoms. The summed E-state index contributed by atoms with van der Waals surface area (Å²) in [6.45, 7) is 1.85. The SMILES string of the molecule is CCCC[C@@H](NC(=O)c1ccccc1C(F)(F)F)C(=O)O. The minimum atomic E-state index is -4.67. The highest BCUT2D eigenvalue weighted by atomic mass is 19.4. The van der Waals surface area contributed by atoms with E-state index in [1.807, 2.05) is 6.92 Å². The number of hydrogen-bond acceptors (Lipinski definition) is 2. The lowest BCUT2D eigenvalue weighted by Gasteiger charge is -2.16. The largest absolute Gasteiger partial charge is 0.480 e. The topological polar surface area (TPSA) is 66.4 Å². The van der Waals surface area contributed by atoms with Gasteiger partial charge in [-0.05, 0) is 18.6 Å². The Bertz CT molecular complexity index is 514. The van der Waals surface area contributed by atoms with Crippen LogP contribution < -0.4 is 5.32 Å². The van der Waals surface area contributed by atoms with Gasteiger partial charge in [-0.25, -0.2) is 4.79 Å². The van der Waals surface area contributed by atoms with E-state index in [0.717, 1.165) is 18.6 Å². The van der Waals surface area contributed by atoms with Crippen LogP contribution in [-0.4, -0.2) is 23.0 Å². The van der Waals surface area contributed by atoms with Gasteiger partial charge < -0.3 is 10.4 Å². The lowest BCUT2D eigenvalue weighted by molar-refractivity contribution is -0.139. The van der Waals surface area contributed by atoms with Crippen LogP contribution >= 0.6 is 0 Å². The first-order chi connectivity index (χ1) is 9.77. The lowest BCUT2D eigenvalue weighted by Crippen LogP contribution is -2.41. The molecular weight excluding hydrogens is 287 g/mol. The van der Waals surface area contributed by atoms with E-state index in [2.05, 4.69) is 5.32 Å². The quantitative estimate of drug-likeness (QED) is 0.848. The maximum absolute atomic E-state index is 12.8. The Morgan fingerprint density at radius 2 is 1.90 bits per heavy atom. The molecule has 0 aliphatic heterocycles. The Morgan fingerprint density at radius 3 is 2.43 bits per heavy atom. The molecule has 0 aromatic heterocycles. The Kier molecular flexibility index (Phi) is 5.75. The molecule has 1 aromatic rings. The zero-order valence-corrected chi connectivity index (χ0v) is 11.4. The van der Waals surface area contributed by atoms with Gasteiger partial charge >= 0.3 is 12.1 Å². The molecule has 0 radical (unpaired) electrons. The molecule has 7 heteroatoms. The molecule has 21 heavy (non-hydrogen) atoms. The molecule has 0 saturated carbocycles. The summed E-state index contributed by atoms with van der Waals surface area (Å²) in [6.07, 6.45) is -3.22. The third-order valence-corrected chi connectivity index (χ3v) is 2.93. The number of amides is 1. The van der Waals surface area contributed by atoms with Crippen LogP contribution in [0.2, 0.25) is 0 Å². The molecule has 0 spiro atoms. The minimum absolute atomic E-state index is 0.172. The third-order valence-electron chi connectivity index (χ3n) is 2.93. The number of rotatable bonds is 6. The summed E-state index contributed by atoms with van der Waals surface area (Å²) in [5, 5.41) is 11.1. The first-order valence-electron chi connectivity index (χ1n) is 6.47. The first kappa shape index (κ1) is 17.0. The minimum Gasteiger partial charge on any atom is -0.480 e. The van der Waals surface area contributed by atoms with Crippen molar-refractivity contribution in [3.05, 3.63) is 35.4 Å². The molecule has 0 fully saturated rings. The van der Waals surface area contributed by atoms with Crippen LogP contribution in [0.25, 0.3) is 0 Å². The molecule has 0 unspecified atom stereocenters. The number of nitrogens with one attached hydrogen (secondary N) is 1. The second-order valence-electron chi connectivity index (χ2n) is 4.55. The molecule has 1 rings (SSSR count). The van der Waals surface area contributed by atoms with Crippen LogP contribution in [0.5, 0.6) is 0 Å². The monoisotopic (exact) mass is 303 g/mol. The average molecular weight is 303 g/mol. The summed E-state index contributed by atoms with van der Waals surface area (Å²) >= 11 is 0. The van der Waals surface area contributed by atoms with E-state index in [9.17, 15) is 22.8 Å². The Balaban J connectivity index is 2.96. The van der Waals surface area contributed by atoms with Gasteiger partial charge in [0.25, 0.3) is 5.91 Å². The Hall–Kier alpha value is -2.05. The Labute approximate surface area is 120 Å².